The molecule has 18 heteroatoms. The fourth-order valence-electron chi connectivity index (χ4n) is 5.03. The topological polar surface area (TPSA) is 132 Å². The van der Waals surface area contributed by atoms with Gasteiger partial charge in [-0.25, -0.2) is 0 Å². The van der Waals surface area contributed by atoms with Gasteiger partial charge in [-0.15, -0.1) is 75.8 Å². The van der Waals surface area contributed by atoms with Crippen molar-refractivity contribution in [2.24, 2.45) is 0 Å². The number of hydrogen-bond donors (Lipinski definition) is 10. The van der Waals surface area contributed by atoms with E-state index in [0.717, 1.165) is 63.2 Å². The van der Waals surface area contributed by atoms with E-state index in [2.05, 4.69) is 102 Å². The van der Waals surface area contributed by atoms with Crippen LogP contribution in [0.4, 0.5) is 58.4 Å². The van der Waals surface area contributed by atoms with Crippen molar-refractivity contribution in [1.82, 2.24) is 29.9 Å². The molecule has 0 saturated heterocycles. The van der Waals surface area contributed by atoms with Crippen LogP contribution in [0.15, 0.2) is 102 Å². The Kier molecular flexibility index (Phi) is 13.7. The van der Waals surface area contributed by atoms with Crippen LogP contribution in [0.2, 0.25) is 0 Å². The zero-order chi connectivity index (χ0) is 39.9. The van der Waals surface area contributed by atoms with E-state index in [4.69, 9.17) is 25.3 Å². The highest BCUT2D eigenvalue weighted by atomic mass is 32.1. The molecule has 0 amide bonds. The third-order valence-electron chi connectivity index (χ3n) is 8.35. The van der Waals surface area contributed by atoms with E-state index in [1.807, 2.05) is 123 Å². The number of nitrogens with zero attached hydrogens (tertiary/aromatic N) is 8. The lowest BCUT2D eigenvalue weighted by Crippen LogP contribution is -2.20. The van der Waals surface area contributed by atoms with Gasteiger partial charge in [-0.3, -0.25) is 0 Å². The Morgan fingerprint density at radius 3 is 1.20 bits per heavy atom. The first kappa shape index (κ1) is 41.2. The van der Waals surface area contributed by atoms with Gasteiger partial charge in [-0.05, 0) is 85.6 Å². The first-order valence-corrected chi connectivity index (χ1v) is 20.0. The number of benzene rings is 4. The summed E-state index contributed by atoms with van der Waals surface area (Å²) in [5, 5.41) is 13.1. The van der Waals surface area contributed by atoms with Crippen LogP contribution < -0.4 is 31.1 Å². The highest BCUT2D eigenvalue weighted by Crippen LogP contribution is 2.30. The maximum absolute atomic E-state index is 4.79. The van der Waals surface area contributed by atoms with E-state index >= 15 is 0 Å². The molecule has 2 aromatic heterocycles. The average Bonchev–Trinajstić information content (AvgIpc) is 3.17. The van der Waals surface area contributed by atoms with Crippen molar-refractivity contribution in [1.29, 1.82) is 0 Å². The predicted octanol–water partition coefficient (Wildman–Crippen LogP) is 9.85. The van der Waals surface area contributed by atoms with Crippen molar-refractivity contribution in [2.75, 3.05) is 58.3 Å². The van der Waals surface area contributed by atoms with Gasteiger partial charge in [0.1, 0.15) is 0 Å². The Balaban J connectivity index is 1.17. The van der Waals surface area contributed by atoms with Gasteiger partial charge in [0.2, 0.25) is 35.7 Å². The molecule has 4 N–H and O–H groups in total. The molecule has 2 heterocycles. The van der Waals surface area contributed by atoms with Crippen molar-refractivity contribution in [3.05, 3.63) is 83.9 Å². The standard InChI is InChI=1S/C38H40N12S6/c1-5-49(3)37-45-33(43-35(47-37)41-27-19-25(51)13-15-29(27)53)39-23-11-9-21(31(55)17-23)7-8-22-10-12-24(18-32(22)56)40-34-44-36(48-38(46-34)50(4)6-2)42-28-20-26(52)14-16-30(28)54/h7-20,51-56H,5-6H2,1-4H3,(H2,39,41,43,45,47)(H2,40,42,44,46,48)/b8-7+. The number of aromatic nitrogens is 6. The molecule has 0 radical (unpaired) electrons. The minimum atomic E-state index is 0.369. The van der Waals surface area contributed by atoms with Crippen LogP contribution in [0.25, 0.3) is 12.2 Å². The molecule has 12 nitrogen and oxygen atoms in total. The lowest BCUT2D eigenvalue weighted by atomic mass is 10.1. The Bertz CT molecular complexity index is 2230. The summed E-state index contributed by atoms with van der Waals surface area (Å²) in [5.41, 5.74) is 4.82. The Labute approximate surface area is 359 Å². The molecule has 0 aliphatic carbocycles. The van der Waals surface area contributed by atoms with E-state index in [-0.39, 0.29) is 0 Å². The normalized spacial score (nSPS) is 11.1. The van der Waals surface area contributed by atoms with Crippen LogP contribution in [-0.4, -0.2) is 57.1 Å². The van der Waals surface area contributed by atoms with E-state index in [9.17, 15) is 0 Å². The number of rotatable bonds is 14. The molecule has 6 aromatic rings. The van der Waals surface area contributed by atoms with Crippen LogP contribution in [0.5, 0.6) is 0 Å². The summed E-state index contributed by atoms with van der Waals surface area (Å²) in [6.07, 6.45) is 3.98. The van der Waals surface area contributed by atoms with Gasteiger partial charge in [0, 0.05) is 67.9 Å². The molecule has 56 heavy (non-hydrogen) atoms. The molecule has 0 atom stereocenters. The zero-order valence-electron chi connectivity index (χ0n) is 30.8. The van der Waals surface area contributed by atoms with Crippen molar-refractivity contribution in [3.8, 4) is 0 Å². The molecule has 0 spiro atoms. The lowest BCUT2D eigenvalue weighted by Gasteiger charge is -2.17. The Hall–Kier alpha value is -4.46. The fraction of sp³-hybridized carbons (Fsp3) is 0.158. The van der Waals surface area contributed by atoms with Gasteiger partial charge in [0.15, 0.2) is 0 Å². The minimum Gasteiger partial charge on any atom is -0.344 e. The Morgan fingerprint density at radius 2 is 0.839 bits per heavy atom. The number of anilines is 10. The summed E-state index contributed by atoms with van der Waals surface area (Å²) in [4.78, 5) is 36.2. The molecule has 0 bridgehead atoms. The van der Waals surface area contributed by atoms with Crippen LogP contribution >= 0.6 is 75.8 Å². The maximum atomic E-state index is 4.79. The average molecular weight is 857 g/mol. The summed E-state index contributed by atoms with van der Waals surface area (Å²) in [6.45, 7) is 5.47. The minimum absolute atomic E-state index is 0.369. The van der Waals surface area contributed by atoms with Crippen molar-refractivity contribution in [2.45, 2.75) is 43.2 Å². The van der Waals surface area contributed by atoms with E-state index in [0.29, 0.717) is 48.8 Å². The van der Waals surface area contributed by atoms with E-state index in [1.54, 1.807) is 0 Å². The zero-order valence-corrected chi connectivity index (χ0v) is 36.1. The molecule has 0 saturated carbocycles. The first-order valence-electron chi connectivity index (χ1n) is 17.3. The fourth-order valence-corrected chi connectivity index (χ4v) is 6.40. The highest BCUT2D eigenvalue weighted by Gasteiger charge is 2.14. The molecule has 0 aliphatic heterocycles. The largest absolute Gasteiger partial charge is 0.344 e. The molecule has 0 aliphatic rings. The molecular formula is C38H40N12S6. The van der Waals surface area contributed by atoms with Gasteiger partial charge in [-0.1, -0.05) is 24.3 Å². The number of nitrogens with one attached hydrogen (secondary N) is 4. The number of hydrogen-bond acceptors (Lipinski definition) is 18. The number of thiol groups is 6. The van der Waals surface area contributed by atoms with Gasteiger partial charge in [0.05, 0.1) is 11.4 Å². The third-order valence-corrected chi connectivity index (χ3v) is 10.5. The van der Waals surface area contributed by atoms with E-state index < -0.39 is 0 Å². The quantitative estimate of drug-likeness (QED) is 0.0378. The van der Waals surface area contributed by atoms with Crippen LogP contribution in [0, 0.1) is 0 Å². The molecular weight excluding hydrogens is 817 g/mol. The molecule has 4 aromatic carbocycles. The SMILES string of the molecule is CCN(C)c1nc(Nc2ccc(/C=C/c3ccc(Nc4nc(Nc5cc(S)ccc5S)nc(N(C)CC)n4)cc3S)c(S)c2)nc(Nc2cc(S)ccc2S)n1. The molecule has 6 rings (SSSR count). The summed E-state index contributed by atoms with van der Waals surface area (Å²) >= 11 is 27.6. The molecule has 288 valence electrons. The second-order valence-corrected chi connectivity index (χ2v) is 15.3. The van der Waals surface area contributed by atoms with Crippen molar-refractivity contribution in [3.63, 3.8) is 0 Å². The van der Waals surface area contributed by atoms with Crippen molar-refractivity contribution >= 4 is 146 Å². The van der Waals surface area contributed by atoms with Gasteiger partial charge < -0.3 is 31.1 Å². The van der Waals surface area contributed by atoms with Gasteiger partial charge in [-0.2, -0.15) is 29.9 Å². The monoisotopic (exact) mass is 856 g/mol. The summed E-state index contributed by atoms with van der Waals surface area (Å²) < 4.78 is 0. The first-order chi connectivity index (χ1) is 26.9. The third kappa shape index (κ3) is 10.7. The van der Waals surface area contributed by atoms with Crippen molar-refractivity contribution < 1.29 is 0 Å². The predicted molar refractivity (Wildman–Crippen MR) is 249 cm³/mol. The summed E-state index contributed by atoms with van der Waals surface area (Å²) in [7, 11) is 3.84. The summed E-state index contributed by atoms with van der Waals surface area (Å²) in [6, 6.07) is 22.9. The van der Waals surface area contributed by atoms with E-state index in [1.165, 1.54) is 0 Å². The van der Waals surface area contributed by atoms with Gasteiger partial charge in [0.25, 0.3) is 0 Å². The lowest BCUT2D eigenvalue weighted by molar-refractivity contribution is 0.888. The maximum Gasteiger partial charge on any atom is 0.233 e. The second kappa shape index (κ2) is 18.7. The smallest absolute Gasteiger partial charge is 0.233 e. The summed E-state index contributed by atoms with van der Waals surface area (Å²) in [5.74, 6) is 2.51. The highest BCUT2D eigenvalue weighted by molar-refractivity contribution is 7.81. The van der Waals surface area contributed by atoms with Gasteiger partial charge >= 0.3 is 0 Å². The molecule has 0 fully saturated rings. The van der Waals surface area contributed by atoms with Crippen LogP contribution in [0.3, 0.4) is 0 Å². The second-order valence-electron chi connectivity index (χ2n) is 12.4. The van der Waals surface area contributed by atoms with Crippen LogP contribution in [-0.2, 0) is 0 Å². The van der Waals surface area contributed by atoms with Crippen LogP contribution in [0.1, 0.15) is 25.0 Å². The Morgan fingerprint density at radius 1 is 0.464 bits per heavy atom. The molecule has 0 unspecified atom stereocenters.